The second kappa shape index (κ2) is 5.71. The molecule has 2 aromatic rings. The maximum absolute atomic E-state index is 13.2. The van der Waals surface area contributed by atoms with Crippen molar-refractivity contribution >= 4 is 49.1 Å². The van der Waals surface area contributed by atoms with Crippen LogP contribution in [0, 0.1) is 5.82 Å². The first kappa shape index (κ1) is 14.0. The van der Waals surface area contributed by atoms with E-state index in [1.54, 1.807) is 24.3 Å². The molecule has 2 aromatic carbocycles. The van der Waals surface area contributed by atoms with Crippen molar-refractivity contribution in [2.75, 3.05) is 11.1 Å². The molecule has 3 N–H and O–H groups in total. The lowest BCUT2D eigenvalue weighted by Gasteiger charge is -2.08. The Morgan fingerprint density at radius 2 is 1.89 bits per heavy atom. The molecule has 0 aromatic heterocycles. The highest BCUT2D eigenvalue weighted by Gasteiger charge is 2.10. The van der Waals surface area contributed by atoms with Crippen molar-refractivity contribution in [2.24, 2.45) is 0 Å². The van der Waals surface area contributed by atoms with Crippen LogP contribution in [0.3, 0.4) is 0 Å². The second-order valence-electron chi connectivity index (χ2n) is 3.85. The molecule has 98 valence electrons. The van der Waals surface area contributed by atoms with Crippen molar-refractivity contribution in [3.8, 4) is 0 Å². The summed E-state index contributed by atoms with van der Waals surface area (Å²) in [4.78, 5) is 12.0. The minimum absolute atomic E-state index is 0.223. The van der Waals surface area contributed by atoms with E-state index in [0.717, 1.165) is 0 Å². The molecule has 0 aliphatic heterocycles. The molecule has 0 unspecified atom stereocenters. The molecule has 0 spiro atoms. The van der Waals surface area contributed by atoms with Crippen LogP contribution in [0.25, 0.3) is 0 Å². The van der Waals surface area contributed by atoms with Crippen LogP contribution in [0.4, 0.5) is 15.8 Å². The first-order valence-electron chi connectivity index (χ1n) is 5.28. The number of nitrogens with one attached hydrogen (secondary N) is 1. The van der Waals surface area contributed by atoms with Crippen molar-refractivity contribution in [3.63, 3.8) is 0 Å². The van der Waals surface area contributed by atoms with Gasteiger partial charge in [0.15, 0.2) is 0 Å². The quantitative estimate of drug-likeness (QED) is 0.759. The zero-order valence-electron chi connectivity index (χ0n) is 9.58. The number of hydrogen-bond acceptors (Lipinski definition) is 2. The molecular weight excluding hydrogens is 379 g/mol. The van der Waals surface area contributed by atoms with Crippen LogP contribution in [0.5, 0.6) is 0 Å². The van der Waals surface area contributed by atoms with Crippen LogP contribution < -0.4 is 11.1 Å². The summed E-state index contributed by atoms with van der Waals surface area (Å²) in [5, 5.41) is 2.67. The number of carbonyl (C=O) groups excluding carboxylic acids is 1. The van der Waals surface area contributed by atoms with Crippen LogP contribution in [0.2, 0.25) is 0 Å². The molecular formula is C13H9Br2FN2O. The fourth-order valence-electron chi connectivity index (χ4n) is 1.52. The van der Waals surface area contributed by atoms with Crippen LogP contribution in [0.15, 0.2) is 45.3 Å². The molecule has 0 heterocycles. The third-order valence-corrected chi connectivity index (χ3v) is 3.51. The number of carbonyl (C=O) groups is 1. The molecule has 2 rings (SSSR count). The Morgan fingerprint density at radius 3 is 2.58 bits per heavy atom. The summed E-state index contributed by atoms with van der Waals surface area (Å²) in [6.07, 6.45) is 0. The number of benzene rings is 2. The molecule has 0 bridgehead atoms. The predicted molar refractivity (Wildman–Crippen MR) is 80.6 cm³/mol. The Kier molecular flexibility index (Phi) is 4.21. The topological polar surface area (TPSA) is 55.1 Å². The van der Waals surface area contributed by atoms with Crippen LogP contribution >= 0.6 is 31.9 Å². The number of halogens is 3. The Labute approximate surface area is 126 Å². The number of hydrogen-bond donors (Lipinski definition) is 2. The molecule has 3 nitrogen and oxygen atoms in total. The normalized spacial score (nSPS) is 10.3. The van der Waals surface area contributed by atoms with Gasteiger partial charge in [0.25, 0.3) is 5.91 Å². The molecule has 19 heavy (non-hydrogen) atoms. The second-order valence-corrected chi connectivity index (χ2v) is 5.62. The maximum atomic E-state index is 13.2. The summed E-state index contributed by atoms with van der Waals surface area (Å²) in [6, 6.07) is 9.05. The maximum Gasteiger partial charge on any atom is 0.255 e. The number of anilines is 2. The van der Waals surface area contributed by atoms with E-state index in [-0.39, 0.29) is 5.56 Å². The predicted octanol–water partition coefficient (Wildman–Crippen LogP) is 4.19. The van der Waals surface area contributed by atoms with Gasteiger partial charge in [-0.3, -0.25) is 4.79 Å². The SMILES string of the molecule is Nc1ccc(Br)c(NC(=O)c2cc(F)cc(Br)c2)c1. The van der Waals surface area contributed by atoms with Crippen molar-refractivity contribution in [3.05, 3.63) is 56.7 Å². The molecule has 1 amide bonds. The number of nitrogen functional groups attached to an aromatic ring is 1. The fraction of sp³-hybridized carbons (Fsp3) is 0. The standard InChI is InChI=1S/C13H9Br2FN2O/c14-8-3-7(4-9(16)5-8)13(19)18-12-6-10(17)1-2-11(12)15/h1-6H,17H2,(H,18,19). The molecule has 0 atom stereocenters. The van der Waals surface area contributed by atoms with Gasteiger partial charge in [-0.2, -0.15) is 0 Å². The molecule has 0 radical (unpaired) electrons. The minimum atomic E-state index is -0.480. The van der Waals surface area contributed by atoms with E-state index < -0.39 is 11.7 Å². The Bertz CT molecular complexity index is 626. The molecule has 0 aliphatic rings. The van der Waals surface area contributed by atoms with E-state index in [0.29, 0.717) is 20.3 Å². The van der Waals surface area contributed by atoms with Gasteiger partial charge in [-0.1, -0.05) is 15.9 Å². The van der Waals surface area contributed by atoms with Gasteiger partial charge in [-0.05, 0) is 52.3 Å². The number of amides is 1. The summed E-state index contributed by atoms with van der Waals surface area (Å²) < 4.78 is 14.4. The van der Waals surface area contributed by atoms with E-state index in [2.05, 4.69) is 37.2 Å². The summed E-state index contributed by atoms with van der Waals surface area (Å²) >= 11 is 6.45. The van der Waals surface area contributed by atoms with Gasteiger partial charge in [0, 0.05) is 20.2 Å². The molecule has 0 aliphatic carbocycles. The van der Waals surface area contributed by atoms with Crippen molar-refractivity contribution in [2.45, 2.75) is 0 Å². The number of nitrogens with two attached hydrogens (primary N) is 1. The zero-order valence-corrected chi connectivity index (χ0v) is 12.8. The average Bonchev–Trinajstić information content (AvgIpc) is 2.32. The van der Waals surface area contributed by atoms with E-state index >= 15 is 0 Å². The fourth-order valence-corrected chi connectivity index (χ4v) is 2.33. The lowest BCUT2D eigenvalue weighted by molar-refractivity contribution is 0.102. The largest absolute Gasteiger partial charge is 0.399 e. The Morgan fingerprint density at radius 1 is 1.16 bits per heavy atom. The summed E-state index contributed by atoms with van der Waals surface area (Å²) in [6.45, 7) is 0. The molecule has 0 saturated carbocycles. The van der Waals surface area contributed by atoms with E-state index in [4.69, 9.17) is 5.73 Å². The van der Waals surface area contributed by atoms with E-state index in [9.17, 15) is 9.18 Å². The zero-order chi connectivity index (χ0) is 14.0. The summed E-state index contributed by atoms with van der Waals surface area (Å²) in [5.74, 6) is -0.891. The van der Waals surface area contributed by atoms with Gasteiger partial charge < -0.3 is 11.1 Å². The van der Waals surface area contributed by atoms with Crippen molar-refractivity contribution < 1.29 is 9.18 Å². The smallest absolute Gasteiger partial charge is 0.255 e. The van der Waals surface area contributed by atoms with Gasteiger partial charge in [-0.25, -0.2) is 4.39 Å². The van der Waals surface area contributed by atoms with Gasteiger partial charge >= 0.3 is 0 Å². The van der Waals surface area contributed by atoms with Gasteiger partial charge in [0.05, 0.1) is 5.69 Å². The van der Waals surface area contributed by atoms with Crippen molar-refractivity contribution in [1.82, 2.24) is 0 Å². The third-order valence-electron chi connectivity index (χ3n) is 2.36. The highest BCUT2D eigenvalue weighted by atomic mass is 79.9. The van der Waals surface area contributed by atoms with Gasteiger partial charge in [0.2, 0.25) is 0 Å². The highest BCUT2D eigenvalue weighted by molar-refractivity contribution is 9.10. The Hall–Kier alpha value is -1.40. The Balaban J connectivity index is 2.28. The molecule has 6 heteroatoms. The molecule has 0 fully saturated rings. The van der Waals surface area contributed by atoms with Crippen LogP contribution in [-0.2, 0) is 0 Å². The lowest BCUT2D eigenvalue weighted by atomic mass is 10.2. The van der Waals surface area contributed by atoms with Gasteiger partial charge in [0.1, 0.15) is 5.82 Å². The minimum Gasteiger partial charge on any atom is -0.399 e. The van der Waals surface area contributed by atoms with Crippen molar-refractivity contribution in [1.29, 1.82) is 0 Å². The van der Waals surface area contributed by atoms with E-state index in [1.807, 2.05) is 0 Å². The first-order chi connectivity index (χ1) is 8.95. The van der Waals surface area contributed by atoms with Crippen LogP contribution in [-0.4, -0.2) is 5.91 Å². The number of rotatable bonds is 2. The van der Waals surface area contributed by atoms with Gasteiger partial charge in [-0.15, -0.1) is 0 Å². The average molecular weight is 388 g/mol. The monoisotopic (exact) mass is 386 g/mol. The molecule has 0 saturated heterocycles. The highest BCUT2D eigenvalue weighted by Crippen LogP contribution is 2.25. The lowest BCUT2D eigenvalue weighted by Crippen LogP contribution is -2.12. The third kappa shape index (κ3) is 3.54. The van der Waals surface area contributed by atoms with E-state index in [1.165, 1.54) is 12.1 Å². The van der Waals surface area contributed by atoms with Crippen LogP contribution in [0.1, 0.15) is 10.4 Å². The summed E-state index contributed by atoms with van der Waals surface area (Å²) in [7, 11) is 0. The first-order valence-corrected chi connectivity index (χ1v) is 6.87. The summed E-state index contributed by atoms with van der Waals surface area (Å²) in [5.41, 5.74) is 6.93.